The third-order valence-electron chi connectivity index (χ3n) is 2.37. The molecule has 0 unspecified atom stereocenters. The summed E-state index contributed by atoms with van der Waals surface area (Å²) in [4.78, 5) is 0. The quantitative estimate of drug-likeness (QED) is 0.732. The van der Waals surface area contributed by atoms with Gasteiger partial charge in [0.05, 0.1) is 10.0 Å². The summed E-state index contributed by atoms with van der Waals surface area (Å²) in [5.41, 5.74) is 1.29. The van der Waals surface area contributed by atoms with Crippen LogP contribution in [0.1, 0.15) is 5.56 Å². The Balaban J connectivity index is 2.35. The predicted octanol–water partition coefficient (Wildman–Crippen LogP) is 2.96. The summed E-state index contributed by atoms with van der Waals surface area (Å²) in [5.74, 6) is 0. The van der Waals surface area contributed by atoms with Crippen LogP contribution in [0, 0.1) is 6.92 Å². The molecule has 2 aromatic carbocycles. The first-order valence-electron chi connectivity index (χ1n) is 4.95. The van der Waals surface area contributed by atoms with Crippen LogP contribution in [0.2, 0.25) is 10.0 Å². The maximum atomic E-state index is 6.17. The van der Waals surface area contributed by atoms with Crippen molar-refractivity contribution < 1.29 is 0 Å². The molecule has 0 fully saturated rings. The van der Waals surface area contributed by atoms with Gasteiger partial charge in [-0.2, -0.15) is 0 Å². The number of aryl methyl sites for hydroxylation is 1. The maximum absolute atomic E-state index is 6.17. The van der Waals surface area contributed by atoms with E-state index in [1.165, 1.54) is 10.8 Å². The van der Waals surface area contributed by atoms with Gasteiger partial charge in [-0.05, 0) is 18.2 Å². The van der Waals surface area contributed by atoms with Gasteiger partial charge in [0.2, 0.25) is 0 Å². The molecule has 0 bridgehead atoms. The molecule has 2 aromatic rings. The third kappa shape index (κ3) is 2.49. The molecule has 2 rings (SSSR count). The average molecular weight is 265 g/mol. The van der Waals surface area contributed by atoms with Crippen LogP contribution in [0.5, 0.6) is 0 Å². The Morgan fingerprint density at radius 2 is 1.56 bits per heavy atom. The normalized spacial score (nSPS) is 10.4. The minimum atomic E-state index is 0.554. The summed E-state index contributed by atoms with van der Waals surface area (Å²) >= 11 is 12.2. The Hall–Kier alpha value is -0.763. The molecule has 2 radical (unpaired) electrons. The van der Waals surface area contributed by atoms with Gasteiger partial charge in [-0.1, -0.05) is 70.4 Å². The molecule has 0 aliphatic rings. The van der Waals surface area contributed by atoms with Crippen molar-refractivity contribution in [2.45, 2.75) is 6.92 Å². The second-order valence-corrected chi connectivity index (χ2v) is 5.65. The molecule has 0 nitrogen and oxygen atoms in total. The van der Waals surface area contributed by atoms with Gasteiger partial charge in [0.1, 0.15) is 9.52 Å². The van der Waals surface area contributed by atoms with Crippen molar-refractivity contribution in [3.05, 3.63) is 58.1 Å². The molecule has 80 valence electrons. The Labute approximate surface area is 108 Å². The van der Waals surface area contributed by atoms with E-state index in [9.17, 15) is 0 Å². The van der Waals surface area contributed by atoms with Crippen molar-refractivity contribution in [3.8, 4) is 0 Å². The lowest BCUT2D eigenvalue weighted by Gasteiger charge is -2.07. The number of rotatable bonds is 2. The molecule has 0 aromatic heterocycles. The minimum Gasteiger partial charge on any atom is -0.0828 e. The van der Waals surface area contributed by atoms with Crippen LogP contribution in [0.15, 0.2) is 42.5 Å². The molecule has 0 saturated carbocycles. The zero-order valence-corrected chi connectivity index (χ0v) is 11.3. The van der Waals surface area contributed by atoms with E-state index < -0.39 is 0 Å². The second kappa shape index (κ2) is 5.04. The van der Waals surface area contributed by atoms with Gasteiger partial charge >= 0.3 is 0 Å². The first-order chi connectivity index (χ1) is 7.68. The van der Waals surface area contributed by atoms with Crippen molar-refractivity contribution in [1.82, 2.24) is 0 Å². The van der Waals surface area contributed by atoms with Crippen molar-refractivity contribution in [3.63, 3.8) is 0 Å². The SMILES string of the molecule is Cc1ccccc1[Si]c1cccc(Cl)c1Cl. The van der Waals surface area contributed by atoms with Crippen LogP contribution < -0.4 is 10.4 Å². The lowest BCUT2D eigenvalue weighted by Crippen LogP contribution is -2.29. The molecule has 0 atom stereocenters. The number of hydrogen-bond donors (Lipinski definition) is 0. The van der Waals surface area contributed by atoms with E-state index in [4.69, 9.17) is 23.2 Å². The summed E-state index contributed by atoms with van der Waals surface area (Å²) in [6, 6.07) is 14.1. The highest BCUT2D eigenvalue weighted by atomic mass is 35.5. The van der Waals surface area contributed by atoms with Gasteiger partial charge in [0.15, 0.2) is 0 Å². The van der Waals surface area contributed by atoms with Crippen molar-refractivity contribution >= 4 is 43.1 Å². The fourth-order valence-corrected chi connectivity index (χ4v) is 3.15. The molecular formula is C13H10Cl2Si. The van der Waals surface area contributed by atoms with E-state index in [-0.39, 0.29) is 0 Å². The Morgan fingerprint density at radius 1 is 0.875 bits per heavy atom. The van der Waals surface area contributed by atoms with Crippen molar-refractivity contribution in [2.24, 2.45) is 0 Å². The third-order valence-corrected chi connectivity index (χ3v) is 4.86. The van der Waals surface area contributed by atoms with Crippen LogP contribution in [0.3, 0.4) is 0 Å². The molecule has 0 aliphatic heterocycles. The largest absolute Gasteiger partial charge is 0.123 e. The Kier molecular flexibility index (Phi) is 3.69. The van der Waals surface area contributed by atoms with Crippen LogP contribution in [-0.2, 0) is 0 Å². The van der Waals surface area contributed by atoms with Gasteiger partial charge in [-0.15, -0.1) is 0 Å². The number of hydrogen-bond acceptors (Lipinski definition) is 0. The number of halogens is 2. The smallest absolute Gasteiger partial charge is 0.0828 e. The van der Waals surface area contributed by atoms with Gasteiger partial charge in [0.25, 0.3) is 0 Å². The monoisotopic (exact) mass is 264 g/mol. The first-order valence-corrected chi connectivity index (χ1v) is 6.71. The highest BCUT2D eigenvalue weighted by Crippen LogP contribution is 2.18. The van der Waals surface area contributed by atoms with Crippen molar-refractivity contribution in [1.29, 1.82) is 0 Å². The second-order valence-electron chi connectivity index (χ2n) is 3.54. The molecular weight excluding hydrogens is 255 g/mol. The van der Waals surface area contributed by atoms with E-state index >= 15 is 0 Å². The first kappa shape index (κ1) is 11.7. The van der Waals surface area contributed by atoms with E-state index in [0.29, 0.717) is 19.6 Å². The van der Waals surface area contributed by atoms with Crippen LogP contribution in [0.25, 0.3) is 0 Å². The zero-order chi connectivity index (χ0) is 11.5. The molecule has 0 heterocycles. The molecule has 0 aliphatic carbocycles. The van der Waals surface area contributed by atoms with Crippen LogP contribution in [-0.4, -0.2) is 9.52 Å². The topological polar surface area (TPSA) is 0 Å². The van der Waals surface area contributed by atoms with Gasteiger partial charge < -0.3 is 0 Å². The molecule has 0 N–H and O–H groups in total. The van der Waals surface area contributed by atoms with Gasteiger partial charge in [0, 0.05) is 0 Å². The zero-order valence-electron chi connectivity index (χ0n) is 8.80. The average Bonchev–Trinajstić information content (AvgIpc) is 2.28. The molecule has 0 spiro atoms. The van der Waals surface area contributed by atoms with Gasteiger partial charge in [-0.3, -0.25) is 0 Å². The maximum Gasteiger partial charge on any atom is 0.123 e. The van der Waals surface area contributed by atoms with E-state index in [1.54, 1.807) is 0 Å². The predicted molar refractivity (Wildman–Crippen MR) is 72.7 cm³/mol. The fraction of sp³-hybridized carbons (Fsp3) is 0.0769. The fourth-order valence-electron chi connectivity index (χ4n) is 1.46. The van der Waals surface area contributed by atoms with Crippen LogP contribution in [0.4, 0.5) is 0 Å². The lowest BCUT2D eigenvalue weighted by molar-refractivity contribution is 1.51. The van der Waals surface area contributed by atoms with E-state index in [1.807, 2.05) is 30.3 Å². The Bertz CT molecular complexity index is 509. The lowest BCUT2D eigenvalue weighted by atomic mass is 10.2. The minimum absolute atomic E-state index is 0.554. The standard InChI is InChI=1S/C13H10Cl2Si/c1-9-5-2-3-7-11(9)16-12-8-4-6-10(14)13(12)15/h2-8H,1H3. The van der Waals surface area contributed by atoms with Crippen LogP contribution >= 0.6 is 23.2 Å². The highest BCUT2D eigenvalue weighted by Gasteiger charge is 2.07. The highest BCUT2D eigenvalue weighted by molar-refractivity contribution is 6.71. The summed E-state index contributed by atoms with van der Waals surface area (Å²) in [6.07, 6.45) is 0. The Morgan fingerprint density at radius 3 is 2.31 bits per heavy atom. The molecule has 0 amide bonds. The summed E-state index contributed by atoms with van der Waals surface area (Å²) < 4.78 is 0. The van der Waals surface area contributed by atoms with Gasteiger partial charge in [-0.25, -0.2) is 0 Å². The van der Waals surface area contributed by atoms with E-state index in [0.717, 1.165) is 5.19 Å². The molecule has 0 saturated heterocycles. The number of benzene rings is 2. The summed E-state index contributed by atoms with van der Waals surface area (Å²) in [6.45, 7) is 2.11. The summed E-state index contributed by atoms with van der Waals surface area (Å²) in [5, 5.41) is 3.71. The molecule has 3 heteroatoms. The van der Waals surface area contributed by atoms with E-state index in [2.05, 4.69) is 19.1 Å². The van der Waals surface area contributed by atoms with Crippen molar-refractivity contribution in [2.75, 3.05) is 0 Å². The molecule has 16 heavy (non-hydrogen) atoms. The summed E-state index contributed by atoms with van der Waals surface area (Å²) in [7, 11) is 0.554.